The summed E-state index contributed by atoms with van der Waals surface area (Å²) in [4.78, 5) is 33.7. The second-order valence-electron chi connectivity index (χ2n) is 3.64. The highest BCUT2D eigenvalue weighted by molar-refractivity contribution is 6.51. The van der Waals surface area contributed by atoms with E-state index in [9.17, 15) is 14.4 Å². The smallest absolute Gasteiger partial charge is 0.212 e. The van der Waals surface area contributed by atoms with Gasteiger partial charge in [-0.1, -0.05) is 12.8 Å². The maximum atomic E-state index is 11.4. The van der Waals surface area contributed by atoms with Gasteiger partial charge in [0.1, 0.15) is 0 Å². The Kier molecular flexibility index (Phi) is 1.43. The molecule has 0 unspecified atom stereocenters. The molecule has 0 radical (unpaired) electrons. The van der Waals surface area contributed by atoms with Crippen molar-refractivity contribution in [2.45, 2.75) is 32.1 Å². The fourth-order valence-electron chi connectivity index (χ4n) is 2.27. The molecule has 0 atom stereocenters. The van der Waals surface area contributed by atoms with Crippen LogP contribution in [0.25, 0.3) is 0 Å². The summed E-state index contributed by atoms with van der Waals surface area (Å²) in [7, 11) is 0. The van der Waals surface area contributed by atoms with E-state index >= 15 is 0 Å². The average molecular weight is 166 g/mol. The summed E-state index contributed by atoms with van der Waals surface area (Å²) in [5, 5.41) is 0. The molecule has 64 valence electrons. The standard InChI is InChI=1S/C9H10O3/c10-6-5-7(11)9(8(6)12)3-1-2-4-9/h1-5H2. The molecule has 0 N–H and O–H groups in total. The normalized spacial score (nSPS) is 27.5. The Morgan fingerprint density at radius 2 is 1.58 bits per heavy atom. The fourth-order valence-corrected chi connectivity index (χ4v) is 2.27. The van der Waals surface area contributed by atoms with Gasteiger partial charge in [-0.15, -0.1) is 0 Å². The topological polar surface area (TPSA) is 51.2 Å². The summed E-state index contributed by atoms with van der Waals surface area (Å²) in [5.41, 5.74) is -0.850. The van der Waals surface area contributed by atoms with E-state index in [1.165, 1.54) is 0 Å². The molecule has 0 heterocycles. The summed E-state index contributed by atoms with van der Waals surface area (Å²) >= 11 is 0. The molecule has 0 aliphatic heterocycles. The molecule has 2 rings (SSSR count). The molecule has 3 nitrogen and oxygen atoms in total. The number of Topliss-reactive ketones (excluding diaryl/α,β-unsaturated/α-hetero) is 3. The lowest BCUT2D eigenvalue weighted by atomic mass is 9.83. The molecule has 0 amide bonds. The van der Waals surface area contributed by atoms with Crippen LogP contribution in [0.3, 0.4) is 0 Å². The van der Waals surface area contributed by atoms with Crippen LogP contribution in [0, 0.1) is 5.41 Å². The molecule has 1 spiro atoms. The lowest BCUT2D eigenvalue weighted by Gasteiger charge is -2.15. The summed E-state index contributed by atoms with van der Waals surface area (Å²) < 4.78 is 0. The highest BCUT2D eigenvalue weighted by atomic mass is 16.2. The number of ketones is 3. The molecular formula is C9H10O3. The summed E-state index contributed by atoms with van der Waals surface area (Å²) in [6, 6.07) is 0. The molecular weight excluding hydrogens is 156 g/mol. The second-order valence-corrected chi connectivity index (χ2v) is 3.64. The van der Waals surface area contributed by atoms with Gasteiger partial charge in [0.15, 0.2) is 5.78 Å². The number of rotatable bonds is 0. The molecule has 0 aromatic heterocycles. The molecule has 0 saturated heterocycles. The van der Waals surface area contributed by atoms with E-state index in [2.05, 4.69) is 0 Å². The van der Waals surface area contributed by atoms with Crippen LogP contribution >= 0.6 is 0 Å². The van der Waals surface area contributed by atoms with Gasteiger partial charge in [0.2, 0.25) is 11.6 Å². The van der Waals surface area contributed by atoms with E-state index in [0.29, 0.717) is 12.8 Å². The van der Waals surface area contributed by atoms with E-state index in [1.807, 2.05) is 0 Å². The zero-order chi connectivity index (χ0) is 8.77. The third kappa shape index (κ3) is 0.737. The first-order chi connectivity index (χ1) is 5.67. The summed E-state index contributed by atoms with van der Waals surface area (Å²) in [6.07, 6.45) is 2.89. The minimum atomic E-state index is -0.850. The molecule has 0 bridgehead atoms. The fraction of sp³-hybridized carbons (Fsp3) is 0.667. The quantitative estimate of drug-likeness (QED) is 0.392. The Balaban J connectivity index is 2.40. The van der Waals surface area contributed by atoms with Gasteiger partial charge in [-0.2, -0.15) is 0 Å². The second kappa shape index (κ2) is 2.25. The third-order valence-electron chi connectivity index (χ3n) is 3.00. The Morgan fingerprint density at radius 1 is 1.00 bits per heavy atom. The van der Waals surface area contributed by atoms with Gasteiger partial charge in [-0.3, -0.25) is 14.4 Å². The SMILES string of the molecule is O=C1CC(=O)C2(CCCC2)C1=O. The molecule has 0 aromatic carbocycles. The van der Waals surface area contributed by atoms with Crippen LogP contribution in [0.2, 0.25) is 0 Å². The van der Waals surface area contributed by atoms with Gasteiger partial charge in [-0.05, 0) is 12.8 Å². The highest BCUT2D eigenvalue weighted by Gasteiger charge is 2.55. The molecule has 12 heavy (non-hydrogen) atoms. The Hall–Kier alpha value is -0.990. The van der Waals surface area contributed by atoms with Crippen LogP contribution in [-0.4, -0.2) is 17.3 Å². The van der Waals surface area contributed by atoms with Crippen molar-refractivity contribution in [3.63, 3.8) is 0 Å². The molecule has 2 aliphatic carbocycles. The number of hydrogen-bond donors (Lipinski definition) is 0. The third-order valence-corrected chi connectivity index (χ3v) is 3.00. The lowest BCUT2D eigenvalue weighted by Crippen LogP contribution is -2.30. The number of carbonyl (C=O) groups is 3. The predicted molar refractivity (Wildman–Crippen MR) is 40.5 cm³/mol. The van der Waals surface area contributed by atoms with Crippen molar-refractivity contribution in [2.24, 2.45) is 5.41 Å². The van der Waals surface area contributed by atoms with E-state index in [1.54, 1.807) is 0 Å². The van der Waals surface area contributed by atoms with E-state index in [4.69, 9.17) is 0 Å². The van der Waals surface area contributed by atoms with Gasteiger partial charge in [0, 0.05) is 0 Å². The largest absolute Gasteiger partial charge is 0.298 e. The molecule has 3 heteroatoms. The van der Waals surface area contributed by atoms with E-state index in [-0.39, 0.29) is 12.2 Å². The zero-order valence-corrected chi connectivity index (χ0v) is 6.76. The maximum Gasteiger partial charge on any atom is 0.212 e. The van der Waals surface area contributed by atoms with E-state index < -0.39 is 17.0 Å². The van der Waals surface area contributed by atoms with E-state index in [0.717, 1.165) is 12.8 Å². The average Bonchev–Trinajstić information content (AvgIpc) is 2.57. The molecule has 2 saturated carbocycles. The van der Waals surface area contributed by atoms with Crippen molar-refractivity contribution in [3.05, 3.63) is 0 Å². The van der Waals surface area contributed by atoms with Gasteiger partial charge in [0.05, 0.1) is 11.8 Å². The van der Waals surface area contributed by atoms with Crippen LogP contribution in [0.5, 0.6) is 0 Å². The first-order valence-electron chi connectivity index (χ1n) is 4.28. The minimum Gasteiger partial charge on any atom is -0.298 e. The molecule has 0 aromatic rings. The van der Waals surface area contributed by atoms with Crippen LogP contribution in [-0.2, 0) is 14.4 Å². The predicted octanol–water partition coefficient (Wildman–Crippen LogP) is 0.658. The van der Waals surface area contributed by atoms with Gasteiger partial charge in [0.25, 0.3) is 0 Å². The monoisotopic (exact) mass is 166 g/mol. The van der Waals surface area contributed by atoms with Gasteiger partial charge in [-0.25, -0.2) is 0 Å². The highest BCUT2D eigenvalue weighted by Crippen LogP contribution is 2.44. The van der Waals surface area contributed by atoms with Gasteiger partial charge < -0.3 is 0 Å². The van der Waals surface area contributed by atoms with Crippen molar-refractivity contribution in [1.82, 2.24) is 0 Å². The first-order valence-corrected chi connectivity index (χ1v) is 4.28. The summed E-state index contributed by atoms with van der Waals surface area (Å²) in [6.45, 7) is 0. The first kappa shape index (κ1) is 7.65. The van der Waals surface area contributed by atoms with Crippen molar-refractivity contribution >= 4 is 17.3 Å². The molecule has 2 fully saturated rings. The Morgan fingerprint density at radius 3 is 2.00 bits per heavy atom. The molecule has 2 aliphatic rings. The van der Waals surface area contributed by atoms with Gasteiger partial charge >= 0.3 is 0 Å². The summed E-state index contributed by atoms with van der Waals surface area (Å²) in [5.74, 6) is -1.01. The van der Waals surface area contributed by atoms with Crippen molar-refractivity contribution in [1.29, 1.82) is 0 Å². The number of hydrogen-bond acceptors (Lipinski definition) is 3. The lowest BCUT2D eigenvalue weighted by molar-refractivity contribution is -0.140. The van der Waals surface area contributed by atoms with Crippen LogP contribution < -0.4 is 0 Å². The van der Waals surface area contributed by atoms with Crippen molar-refractivity contribution < 1.29 is 14.4 Å². The Labute approximate surface area is 70.1 Å². The van der Waals surface area contributed by atoms with Crippen molar-refractivity contribution in [2.75, 3.05) is 0 Å². The number of carbonyl (C=O) groups excluding carboxylic acids is 3. The van der Waals surface area contributed by atoms with Crippen LogP contribution in [0.4, 0.5) is 0 Å². The van der Waals surface area contributed by atoms with Crippen LogP contribution in [0.1, 0.15) is 32.1 Å². The maximum absolute atomic E-state index is 11.4. The van der Waals surface area contributed by atoms with Crippen LogP contribution in [0.15, 0.2) is 0 Å². The van der Waals surface area contributed by atoms with Crippen molar-refractivity contribution in [3.8, 4) is 0 Å². The minimum absolute atomic E-state index is 0.130. The zero-order valence-electron chi connectivity index (χ0n) is 6.76. The Bertz CT molecular complexity index is 271.